The van der Waals surface area contributed by atoms with Crippen LogP contribution in [0.25, 0.3) is 0 Å². The molecule has 1 rings (SSSR count). The average Bonchev–Trinajstić information content (AvgIpc) is 2.25. The number of halogens is 1. The van der Waals surface area contributed by atoms with Gasteiger partial charge < -0.3 is 5.32 Å². The fraction of sp³-hybridized carbons (Fsp3) is 0.182. The van der Waals surface area contributed by atoms with Crippen LogP contribution >= 0.6 is 12.6 Å². The van der Waals surface area contributed by atoms with E-state index < -0.39 is 5.82 Å². The third-order valence-corrected chi connectivity index (χ3v) is 2.27. The number of rotatable bonds is 3. The standard InChI is InChI=1S/C11H13FN2OS/c1-3-6-13-11(15)14(2)10-5-4-8(16)7-9(10)12/h3-5,7,16H,1,6H2,2H3,(H,13,15). The summed E-state index contributed by atoms with van der Waals surface area (Å²) < 4.78 is 13.5. The summed E-state index contributed by atoms with van der Waals surface area (Å²) in [4.78, 5) is 13.2. The highest BCUT2D eigenvalue weighted by Gasteiger charge is 2.13. The zero-order valence-electron chi connectivity index (χ0n) is 8.90. The summed E-state index contributed by atoms with van der Waals surface area (Å²) in [5, 5.41) is 2.56. The molecule has 1 N–H and O–H groups in total. The Bertz CT molecular complexity index is 409. The number of benzene rings is 1. The first-order valence-corrected chi connectivity index (χ1v) is 5.12. The molecule has 86 valence electrons. The Morgan fingerprint density at radius 3 is 2.94 bits per heavy atom. The van der Waals surface area contributed by atoms with Crippen molar-refractivity contribution < 1.29 is 9.18 Å². The number of anilines is 1. The van der Waals surface area contributed by atoms with Crippen LogP contribution in [0, 0.1) is 5.82 Å². The molecule has 0 aliphatic rings. The van der Waals surface area contributed by atoms with E-state index in [4.69, 9.17) is 0 Å². The van der Waals surface area contributed by atoms with Gasteiger partial charge in [0.1, 0.15) is 5.82 Å². The Labute approximate surface area is 99.4 Å². The van der Waals surface area contributed by atoms with E-state index in [1.54, 1.807) is 12.1 Å². The lowest BCUT2D eigenvalue weighted by Crippen LogP contribution is -2.37. The van der Waals surface area contributed by atoms with Crippen LogP contribution in [0.3, 0.4) is 0 Å². The van der Waals surface area contributed by atoms with Crippen molar-refractivity contribution in [3.63, 3.8) is 0 Å². The summed E-state index contributed by atoms with van der Waals surface area (Å²) in [6.07, 6.45) is 1.55. The molecule has 5 heteroatoms. The minimum atomic E-state index is -0.483. The van der Waals surface area contributed by atoms with Gasteiger partial charge in [-0.3, -0.25) is 4.90 Å². The zero-order chi connectivity index (χ0) is 12.1. The third kappa shape index (κ3) is 3.00. The molecule has 2 amide bonds. The van der Waals surface area contributed by atoms with Crippen molar-refractivity contribution in [2.45, 2.75) is 4.90 Å². The Balaban J connectivity index is 2.83. The molecule has 0 saturated heterocycles. The van der Waals surface area contributed by atoms with Crippen molar-refractivity contribution in [1.82, 2.24) is 5.32 Å². The van der Waals surface area contributed by atoms with Crippen LogP contribution in [0.1, 0.15) is 0 Å². The smallest absolute Gasteiger partial charge is 0.321 e. The summed E-state index contributed by atoms with van der Waals surface area (Å²) in [7, 11) is 1.50. The Morgan fingerprint density at radius 1 is 1.69 bits per heavy atom. The second-order valence-corrected chi connectivity index (χ2v) is 3.69. The molecule has 1 aromatic rings. The van der Waals surface area contributed by atoms with Crippen LogP contribution in [-0.4, -0.2) is 19.6 Å². The van der Waals surface area contributed by atoms with Gasteiger partial charge in [-0.15, -0.1) is 19.2 Å². The largest absolute Gasteiger partial charge is 0.334 e. The SMILES string of the molecule is C=CCNC(=O)N(C)c1ccc(S)cc1F. The maximum Gasteiger partial charge on any atom is 0.321 e. The molecule has 0 fully saturated rings. The van der Waals surface area contributed by atoms with Gasteiger partial charge in [0, 0.05) is 18.5 Å². The Kier molecular flexibility index (Phi) is 4.37. The van der Waals surface area contributed by atoms with Crippen molar-refractivity contribution in [1.29, 1.82) is 0 Å². The first-order valence-electron chi connectivity index (χ1n) is 4.67. The molecule has 1 aromatic carbocycles. The molecule has 0 aliphatic heterocycles. The first-order chi connectivity index (χ1) is 7.56. The Morgan fingerprint density at radius 2 is 2.38 bits per heavy atom. The summed E-state index contributed by atoms with van der Waals surface area (Å²) in [5.74, 6) is -0.483. The van der Waals surface area contributed by atoms with Gasteiger partial charge in [0.25, 0.3) is 0 Å². The molecule has 0 aromatic heterocycles. The van der Waals surface area contributed by atoms with E-state index in [0.29, 0.717) is 11.4 Å². The summed E-state index contributed by atoms with van der Waals surface area (Å²) in [5.41, 5.74) is 0.208. The van der Waals surface area contributed by atoms with Gasteiger partial charge in [0.2, 0.25) is 0 Å². The normalized spacial score (nSPS) is 9.69. The highest BCUT2D eigenvalue weighted by molar-refractivity contribution is 7.80. The number of carbonyl (C=O) groups excluding carboxylic acids is 1. The molecule has 16 heavy (non-hydrogen) atoms. The van der Waals surface area contributed by atoms with E-state index in [1.807, 2.05) is 0 Å². The van der Waals surface area contributed by atoms with Gasteiger partial charge in [-0.25, -0.2) is 9.18 Å². The predicted molar refractivity (Wildman–Crippen MR) is 65.7 cm³/mol. The number of urea groups is 1. The second kappa shape index (κ2) is 5.55. The molecule has 0 unspecified atom stereocenters. The van der Waals surface area contributed by atoms with E-state index in [1.165, 1.54) is 24.1 Å². The number of nitrogens with zero attached hydrogens (tertiary/aromatic N) is 1. The summed E-state index contributed by atoms with van der Waals surface area (Å²) >= 11 is 4.01. The highest BCUT2D eigenvalue weighted by Crippen LogP contribution is 2.20. The molecule has 0 spiro atoms. The van der Waals surface area contributed by atoms with E-state index in [9.17, 15) is 9.18 Å². The lowest BCUT2D eigenvalue weighted by Gasteiger charge is -2.18. The maximum absolute atomic E-state index is 13.5. The Hall–Kier alpha value is -1.49. The molecule has 0 bridgehead atoms. The molecule has 0 heterocycles. The van der Waals surface area contributed by atoms with Gasteiger partial charge >= 0.3 is 6.03 Å². The lowest BCUT2D eigenvalue weighted by molar-refractivity contribution is 0.248. The number of nitrogens with one attached hydrogen (secondary N) is 1. The summed E-state index contributed by atoms with van der Waals surface area (Å²) in [6, 6.07) is 4.00. The monoisotopic (exact) mass is 240 g/mol. The fourth-order valence-corrected chi connectivity index (χ4v) is 1.34. The number of hydrogen-bond donors (Lipinski definition) is 2. The van der Waals surface area contributed by atoms with Gasteiger partial charge in [-0.2, -0.15) is 0 Å². The number of thiol groups is 1. The molecular weight excluding hydrogens is 227 g/mol. The molecule has 0 aliphatic carbocycles. The van der Waals surface area contributed by atoms with E-state index in [-0.39, 0.29) is 11.7 Å². The molecular formula is C11H13FN2OS. The maximum atomic E-state index is 13.5. The van der Waals surface area contributed by atoms with E-state index in [0.717, 1.165) is 0 Å². The topological polar surface area (TPSA) is 32.3 Å². The number of hydrogen-bond acceptors (Lipinski definition) is 2. The van der Waals surface area contributed by atoms with Crippen molar-refractivity contribution >= 4 is 24.3 Å². The molecule has 0 radical (unpaired) electrons. The molecule has 0 atom stereocenters. The van der Waals surface area contributed by atoms with Gasteiger partial charge in [0.15, 0.2) is 0 Å². The number of amides is 2. The fourth-order valence-electron chi connectivity index (χ4n) is 1.16. The first kappa shape index (κ1) is 12.6. The van der Waals surface area contributed by atoms with Crippen LogP contribution in [0.4, 0.5) is 14.9 Å². The lowest BCUT2D eigenvalue weighted by atomic mass is 10.3. The van der Waals surface area contributed by atoms with E-state index >= 15 is 0 Å². The quantitative estimate of drug-likeness (QED) is 0.617. The minimum Gasteiger partial charge on any atom is -0.334 e. The average molecular weight is 240 g/mol. The van der Waals surface area contributed by atoms with Crippen LogP contribution < -0.4 is 10.2 Å². The number of carbonyl (C=O) groups is 1. The molecule has 3 nitrogen and oxygen atoms in total. The van der Waals surface area contributed by atoms with Crippen molar-refractivity contribution in [3.8, 4) is 0 Å². The van der Waals surface area contributed by atoms with Crippen LogP contribution in [0.2, 0.25) is 0 Å². The van der Waals surface area contributed by atoms with Crippen LogP contribution in [0.15, 0.2) is 35.7 Å². The van der Waals surface area contributed by atoms with Gasteiger partial charge in [0.05, 0.1) is 5.69 Å². The van der Waals surface area contributed by atoms with Crippen molar-refractivity contribution in [2.75, 3.05) is 18.5 Å². The van der Waals surface area contributed by atoms with Crippen LogP contribution in [-0.2, 0) is 0 Å². The highest BCUT2D eigenvalue weighted by atomic mass is 32.1. The molecule has 0 saturated carbocycles. The van der Waals surface area contributed by atoms with Gasteiger partial charge in [-0.05, 0) is 18.2 Å². The van der Waals surface area contributed by atoms with Gasteiger partial charge in [-0.1, -0.05) is 6.08 Å². The predicted octanol–water partition coefficient (Wildman–Crippen LogP) is 2.45. The van der Waals surface area contributed by atoms with Crippen LogP contribution in [0.5, 0.6) is 0 Å². The van der Waals surface area contributed by atoms with Crippen molar-refractivity contribution in [3.05, 3.63) is 36.7 Å². The van der Waals surface area contributed by atoms with Crippen molar-refractivity contribution in [2.24, 2.45) is 0 Å². The second-order valence-electron chi connectivity index (χ2n) is 3.17. The third-order valence-electron chi connectivity index (χ3n) is 1.99. The summed E-state index contributed by atoms with van der Waals surface area (Å²) in [6.45, 7) is 3.82. The van der Waals surface area contributed by atoms with E-state index in [2.05, 4.69) is 24.5 Å². The zero-order valence-corrected chi connectivity index (χ0v) is 9.80. The minimum absolute atomic E-state index is 0.208.